The molecule has 1 amide bonds. The lowest BCUT2D eigenvalue weighted by Crippen LogP contribution is -2.38. The highest BCUT2D eigenvalue weighted by molar-refractivity contribution is 6.46. The van der Waals surface area contributed by atoms with Crippen LogP contribution in [-0.4, -0.2) is 59.4 Å². The molecule has 0 spiro atoms. The van der Waals surface area contributed by atoms with Crippen LogP contribution in [-0.2, 0) is 16.2 Å². The van der Waals surface area contributed by atoms with Crippen molar-refractivity contribution in [2.45, 2.75) is 33.4 Å². The van der Waals surface area contributed by atoms with Crippen molar-refractivity contribution in [1.29, 1.82) is 0 Å². The van der Waals surface area contributed by atoms with Crippen molar-refractivity contribution < 1.29 is 24.2 Å². The highest BCUT2D eigenvalue weighted by Crippen LogP contribution is 2.40. The molecule has 3 aromatic rings. The zero-order chi connectivity index (χ0) is 27.8. The summed E-state index contributed by atoms with van der Waals surface area (Å²) >= 11 is 0. The number of aliphatic hydroxyl groups excluding tert-OH is 1. The van der Waals surface area contributed by atoms with Gasteiger partial charge in [0.05, 0.1) is 18.2 Å². The topological polar surface area (TPSA) is 79.3 Å². The normalized spacial score (nSPS) is 16.6. The maximum absolute atomic E-state index is 13.4. The van der Waals surface area contributed by atoms with E-state index in [1.807, 2.05) is 61.5 Å². The van der Waals surface area contributed by atoms with Gasteiger partial charge >= 0.3 is 0 Å². The average molecular weight is 529 g/mol. The third-order valence-electron chi connectivity index (χ3n) is 6.95. The van der Waals surface area contributed by atoms with E-state index >= 15 is 0 Å². The van der Waals surface area contributed by atoms with Gasteiger partial charge in [0.1, 0.15) is 23.9 Å². The van der Waals surface area contributed by atoms with Crippen LogP contribution in [0.1, 0.15) is 43.5 Å². The van der Waals surface area contributed by atoms with E-state index in [9.17, 15) is 14.7 Å². The number of hydrogen-bond donors (Lipinski definition) is 1. The van der Waals surface area contributed by atoms with Gasteiger partial charge in [0.25, 0.3) is 11.7 Å². The summed E-state index contributed by atoms with van der Waals surface area (Å²) in [6.45, 7) is 9.56. The van der Waals surface area contributed by atoms with Crippen LogP contribution in [0.15, 0.2) is 84.4 Å². The number of ketones is 1. The van der Waals surface area contributed by atoms with Crippen LogP contribution in [0.4, 0.5) is 0 Å². The van der Waals surface area contributed by atoms with Gasteiger partial charge in [-0.1, -0.05) is 56.3 Å². The van der Waals surface area contributed by atoms with Crippen LogP contribution < -0.4 is 9.47 Å². The van der Waals surface area contributed by atoms with E-state index in [1.54, 1.807) is 29.2 Å². The van der Waals surface area contributed by atoms with E-state index in [1.165, 1.54) is 0 Å². The maximum atomic E-state index is 13.4. The molecule has 0 aromatic heterocycles. The Hall–Kier alpha value is -4.10. The number of rotatable bonds is 12. The fourth-order valence-electron chi connectivity index (χ4n) is 4.79. The lowest BCUT2D eigenvalue weighted by molar-refractivity contribution is -0.140. The van der Waals surface area contributed by atoms with Gasteiger partial charge in [-0.3, -0.25) is 9.59 Å². The minimum atomic E-state index is -0.743. The predicted octanol–water partition coefficient (Wildman–Crippen LogP) is 5.43. The molecule has 0 radical (unpaired) electrons. The summed E-state index contributed by atoms with van der Waals surface area (Å²) < 4.78 is 11.6. The van der Waals surface area contributed by atoms with Crippen molar-refractivity contribution in [3.05, 3.63) is 101 Å². The van der Waals surface area contributed by atoms with Crippen molar-refractivity contribution in [1.82, 2.24) is 9.80 Å². The standard InChI is InChI=1S/C32H36N2O5/c1-4-33(5-2)19-20-34-29(25-13-10-14-27(21-25)39-22-23-11-8-7-9-12-23)28(31(36)32(34)37)30(35)24-15-17-26(18-16-24)38-6-3/h7-18,21,29,35H,4-6,19-20,22H2,1-3H3/b30-28+. The minimum Gasteiger partial charge on any atom is -0.507 e. The molecule has 1 aliphatic rings. The van der Waals surface area contributed by atoms with Gasteiger partial charge in [-0.25, -0.2) is 0 Å². The number of hydrogen-bond acceptors (Lipinski definition) is 6. The predicted molar refractivity (Wildman–Crippen MR) is 152 cm³/mol. The first kappa shape index (κ1) is 27.9. The van der Waals surface area contributed by atoms with Gasteiger partial charge in [-0.2, -0.15) is 0 Å². The third kappa shape index (κ3) is 6.49. The van der Waals surface area contributed by atoms with E-state index in [0.717, 1.165) is 18.7 Å². The Bertz CT molecular complexity index is 1300. The van der Waals surface area contributed by atoms with Crippen LogP contribution in [0.25, 0.3) is 5.76 Å². The minimum absolute atomic E-state index is 0.0731. The van der Waals surface area contributed by atoms with Crippen LogP contribution in [0, 0.1) is 0 Å². The highest BCUT2D eigenvalue weighted by atomic mass is 16.5. The molecular weight excluding hydrogens is 492 g/mol. The second-order valence-corrected chi connectivity index (χ2v) is 9.32. The second-order valence-electron chi connectivity index (χ2n) is 9.32. The first-order chi connectivity index (χ1) is 19.0. The fraction of sp³-hybridized carbons (Fsp3) is 0.312. The Morgan fingerprint density at radius 1 is 0.872 bits per heavy atom. The summed E-state index contributed by atoms with van der Waals surface area (Å²) in [5, 5.41) is 11.4. The SMILES string of the molecule is CCOc1ccc(/C(O)=C2\C(=O)C(=O)N(CCN(CC)CC)C2c2cccc(OCc3ccccc3)c2)cc1. The third-order valence-corrected chi connectivity index (χ3v) is 6.95. The number of likely N-dealkylation sites (N-methyl/N-ethyl adjacent to an activating group) is 1. The number of aliphatic hydroxyl groups is 1. The van der Waals surface area contributed by atoms with Gasteiger partial charge in [-0.15, -0.1) is 0 Å². The lowest BCUT2D eigenvalue weighted by atomic mass is 9.95. The van der Waals surface area contributed by atoms with Crippen molar-refractivity contribution in [3.8, 4) is 11.5 Å². The van der Waals surface area contributed by atoms with E-state index in [4.69, 9.17) is 9.47 Å². The Morgan fingerprint density at radius 2 is 1.59 bits per heavy atom. The van der Waals surface area contributed by atoms with Crippen LogP contribution in [0.5, 0.6) is 11.5 Å². The van der Waals surface area contributed by atoms with Crippen molar-refractivity contribution in [2.75, 3.05) is 32.8 Å². The van der Waals surface area contributed by atoms with Gasteiger partial charge in [0.2, 0.25) is 0 Å². The second kappa shape index (κ2) is 13.1. The van der Waals surface area contributed by atoms with Gasteiger partial charge in [0.15, 0.2) is 0 Å². The molecule has 1 unspecified atom stereocenters. The molecule has 1 aliphatic heterocycles. The molecule has 1 fully saturated rings. The van der Waals surface area contributed by atoms with Crippen LogP contribution >= 0.6 is 0 Å². The monoisotopic (exact) mass is 528 g/mol. The first-order valence-corrected chi connectivity index (χ1v) is 13.5. The quantitative estimate of drug-likeness (QED) is 0.192. The molecule has 204 valence electrons. The number of ether oxygens (including phenoxy) is 2. The van der Waals surface area contributed by atoms with Crippen molar-refractivity contribution in [2.24, 2.45) is 0 Å². The molecule has 3 aromatic carbocycles. The number of likely N-dealkylation sites (tertiary alicyclic amines) is 1. The molecule has 1 atom stereocenters. The number of nitrogens with zero attached hydrogens (tertiary/aromatic N) is 2. The molecule has 0 bridgehead atoms. The van der Waals surface area contributed by atoms with Gasteiger partial charge in [0, 0.05) is 18.7 Å². The molecule has 7 heteroatoms. The molecule has 0 aliphatic carbocycles. The number of carbonyl (C=O) groups is 2. The first-order valence-electron chi connectivity index (χ1n) is 13.5. The molecule has 39 heavy (non-hydrogen) atoms. The van der Waals surface area contributed by atoms with Crippen LogP contribution in [0.2, 0.25) is 0 Å². The summed E-state index contributed by atoms with van der Waals surface area (Å²) in [6, 6.07) is 23.4. The van der Waals surface area contributed by atoms with E-state index in [0.29, 0.717) is 48.9 Å². The van der Waals surface area contributed by atoms with E-state index in [2.05, 4.69) is 18.7 Å². The molecule has 4 rings (SSSR count). The molecule has 1 heterocycles. The summed E-state index contributed by atoms with van der Waals surface area (Å²) in [5.41, 5.74) is 2.25. The van der Waals surface area contributed by atoms with E-state index in [-0.39, 0.29) is 11.3 Å². The summed E-state index contributed by atoms with van der Waals surface area (Å²) in [4.78, 5) is 30.5. The Balaban J connectivity index is 1.72. The molecular formula is C32H36N2O5. The Kier molecular flexibility index (Phi) is 9.39. The summed E-state index contributed by atoms with van der Waals surface area (Å²) in [5.74, 6) is -0.237. The Morgan fingerprint density at radius 3 is 2.26 bits per heavy atom. The summed E-state index contributed by atoms with van der Waals surface area (Å²) in [7, 11) is 0. The van der Waals surface area contributed by atoms with Crippen molar-refractivity contribution >= 4 is 17.4 Å². The number of amides is 1. The molecule has 1 saturated heterocycles. The zero-order valence-corrected chi connectivity index (χ0v) is 22.8. The smallest absolute Gasteiger partial charge is 0.295 e. The molecule has 1 N–H and O–H groups in total. The molecule has 7 nitrogen and oxygen atoms in total. The van der Waals surface area contributed by atoms with E-state index < -0.39 is 17.7 Å². The zero-order valence-electron chi connectivity index (χ0n) is 22.8. The highest BCUT2D eigenvalue weighted by Gasteiger charge is 2.46. The fourth-order valence-corrected chi connectivity index (χ4v) is 4.79. The van der Waals surface area contributed by atoms with Crippen LogP contribution in [0.3, 0.4) is 0 Å². The number of carbonyl (C=O) groups excluding carboxylic acids is 2. The average Bonchev–Trinajstić information content (AvgIpc) is 3.22. The summed E-state index contributed by atoms with van der Waals surface area (Å²) in [6.07, 6.45) is 0. The maximum Gasteiger partial charge on any atom is 0.295 e. The van der Waals surface area contributed by atoms with Crippen molar-refractivity contribution in [3.63, 3.8) is 0 Å². The molecule has 0 saturated carbocycles. The van der Waals surface area contributed by atoms with Gasteiger partial charge < -0.3 is 24.4 Å². The van der Waals surface area contributed by atoms with Gasteiger partial charge in [-0.05, 0) is 67.5 Å². The largest absolute Gasteiger partial charge is 0.507 e. The number of benzene rings is 3. The lowest BCUT2D eigenvalue weighted by Gasteiger charge is -2.28. The Labute approximate surface area is 230 Å². The number of Topliss-reactive ketones (excluding diaryl/α,β-unsaturated/α-hetero) is 1.